The number of para-hydroxylation sites is 2. The van der Waals surface area contributed by atoms with Gasteiger partial charge in [-0.1, -0.05) is 12.1 Å². The van der Waals surface area contributed by atoms with Gasteiger partial charge in [-0.05, 0) is 12.1 Å². The Morgan fingerprint density at radius 2 is 1.80 bits per heavy atom. The Kier molecular flexibility index (Phi) is 2.23. The van der Waals surface area contributed by atoms with Gasteiger partial charge in [0.05, 0.1) is 30.6 Å². The lowest BCUT2D eigenvalue weighted by atomic mass is 10.1. The molecule has 2 heterocycles. The summed E-state index contributed by atoms with van der Waals surface area (Å²) < 4.78 is 11.0. The number of anilines is 2. The van der Waals surface area contributed by atoms with Crippen molar-refractivity contribution in [2.75, 3.05) is 30.4 Å². The van der Waals surface area contributed by atoms with Crippen LogP contribution in [0.5, 0.6) is 0 Å². The van der Waals surface area contributed by atoms with Crippen LogP contribution in [-0.2, 0) is 9.47 Å². The third-order valence-electron chi connectivity index (χ3n) is 2.76. The Morgan fingerprint density at radius 1 is 1.07 bits per heavy atom. The summed E-state index contributed by atoms with van der Waals surface area (Å²) in [7, 11) is 0. The maximum atomic E-state index is 5.48. The standard InChI is InChI=1S/C11H14N2O2/c1-2-4-9-8(3-1)12-7-10(13-9)11-14-5-6-15-11/h1-4,10-13H,5-7H2. The highest BCUT2D eigenvalue weighted by molar-refractivity contribution is 5.71. The van der Waals surface area contributed by atoms with Crippen molar-refractivity contribution < 1.29 is 9.47 Å². The minimum absolute atomic E-state index is 0.120. The van der Waals surface area contributed by atoms with E-state index in [0.717, 1.165) is 17.9 Å². The lowest BCUT2D eigenvalue weighted by molar-refractivity contribution is -0.0517. The fourth-order valence-corrected chi connectivity index (χ4v) is 2.01. The number of hydrogen-bond acceptors (Lipinski definition) is 4. The third-order valence-corrected chi connectivity index (χ3v) is 2.76. The molecule has 2 aliphatic heterocycles. The molecule has 80 valence electrons. The van der Waals surface area contributed by atoms with E-state index in [4.69, 9.17) is 9.47 Å². The van der Waals surface area contributed by atoms with Crippen LogP contribution < -0.4 is 10.6 Å². The molecule has 1 saturated heterocycles. The minimum atomic E-state index is -0.120. The van der Waals surface area contributed by atoms with E-state index in [1.165, 1.54) is 0 Å². The zero-order valence-electron chi connectivity index (χ0n) is 8.40. The van der Waals surface area contributed by atoms with Gasteiger partial charge in [0.15, 0.2) is 6.29 Å². The maximum Gasteiger partial charge on any atom is 0.179 e. The quantitative estimate of drug-likeness (QED) is 0.726. The predicted octanol–water partition coefficient (Wildman–Crippen LogP) is 1.27. The highest BCUT2D eigenvalue weighted by Gasteiger charge is 2.29. The topological polar surface area (TPSA) is 42.5 Å². The smallest absolute Gasteiger partial charge is 0.179 e. The minimum Gasteiger partial charge on any atom is -0.381 e. The van der Waals surface area contributed by atoms with Gasteiger partial charge in [0, 0.05) is 6.54 Å². The molecule has 15 heavy (non-hydrogen) atoms. The molecule has 1 atom stereocenters. The van der Waals surface area contributed by atoms with Gasteiger partial charge >= 0.3 is 0 Å². The second-order valence-corrected chi connectivity index (χ2v) is 3.79. The maximum absolute atomic E-state index is 5.48. The van der Waals surface area contributed by atoms with E-state index in [1.54, 1.807) is 0 Å². The number of benzene rings is 1. The van der Waals surface area contributed by atoms with Crippen molar-refractivity contribution in [2.45, 2.75) is 12.3 Å². The molecule has 0 spiro atoms. The molecule has 1 unspecified atom stereocenters. The summed E-state index contributed by atoms with van der Waals surface area (Å²) >= 11 is 0. The molecule has 4 heteroatoms. The largest absolute Gasteiger partial charge is 0.381 e. The van der Waals surface area contributed by atoms with Crippen LogP contribution in [0.1, 0.15) is 0 Å². The molecule has 3 rings (SSSR count). The van der Waals surface area contributed by atoms with Crippen LogP contribution >= 0.6 is 0 Å². The first-order valence-corrected chi connectivity index (χ1v) is 5.26. The lowest BCUT2D eigenvalue weighted by Crippen LogP contribution is -2.42. The van der Waals surface area contributed by atoms with E-state index in [2.05, 4.69) is 22.8 Å². The molecule has 0 aromatic heterocycles. The molecule has 1 aromatic carbocycles. The van der Waals surface area contributed by atoms with Gasteiger partial charge in [-0.25, -0.2) is 0 Å². The zero-order chi connectivity index (χ0) is 10.1. The first kappa shape index (κ1) is 9.00. The average molecular weight is 206 g/mol. The first-order valence-electron chi connectivity index (χ1n) is 5.26. The molecule has 1 fully saturated rings. The van der Waals surface area contributed by atoms with Crippen molar-refractivity contribution in [2.24, 2.45) is 0 Å². The van der Waals surface area contributed by atoms with Crippen LogP contribution in [-0.4, -0.2) is 32.1 Å². The Bertz CT molecular complexity index is 350. The molecule has 0 amide bonds. The van der Waals surface area contributed by atoms with Crippen molar-refractivity contribution in [3.05, 3.63) is 24.3 Å². The van der Waals surface area contributed by atoms with Crippen molar-refractivity contribution >= 4 is 11.4 Å². The summed E-state index contributed by atoms with van der Waals surface area (Å²) in [5.74, 6) is 0. The molecule has 1 aromatic rings. The molecule has 2 aliphatic rings. The Morgan fingerprint density at radius 3 is 2.60 bits per heavy atom. The molecular weight excluding hydrogens is 192 g/mol. The van der Waals surface area contributed by atoms with Crippen molar-refractivity contribution in [1.82, 2.24) is 0 Å². The van der Waals surface area contributed by atoms with Crippen molar-refractivity contribution in [1.29, 1.82) is 0 Å². The van der Waals surface area contributed by atoms with E-state index in [0.29, 0.717) is 13.2 Å². The second kappa shape index (κ2) is 3.72. The number of rotatable bonds is 1. The molecule has 0 saturated carbocycles. The molecule has 0 bridgehead atoms. The monoisotopic (exact) mass is 206 g/mol. The summed E-state index contributed by atoms with van der Waals surface area (Å²) in [6.45, 7) is 2.23. The Balaban J connectivity index is 1.76. The molecule has 0 aliphatic carbocycles. The van der Waals surface area contributed by atoms with Gasteiger partial charge in [-0.3, -0.25) is 0 Å². The van der Waals surface area contributed by atoms with Crippen LogP contribution in [0.25, 0.3) is 0 Å². The SMILES string of the molecule is c1ccc2c(c1)NCC(C1OCCO1)N2. The van der Waals surface area contributed by atoms with Gasteiger partial charge in [0.1, 0.15) is 0 Å². The Labute approximate surface area is 88.6 Å². The molecule has 2 N–H and O–H groups in total. The third kappa shape index (κ3) is 1.66. The van der Waals surface area contributed by atoms with Crippen LogP contribution in [0.3, 0.4) is 0 Å². The zero-order valence-corrected chi connectivity index (χ0v) is 8.40. The number of hydrogen-bond donors (Lipinski definition) is 2. The van der Waals surface area contributed by atoms with Crippen LogP contribution in [0.4, 0.5) is 11.4 Å². The summed E-state index contributed by atoms with van der Waals surface area (Å²) in [6.07, 6.45) is -0.120. The van der Waals surface area contributed by atoms with Gasteiger partial charge in [-0.15, -0.1) is 0 Å². The summed E-state index contributed by atoms with van der Waals surface area (Å²) in [5, 5.41) is 6.79. The van der Waals surface area contributed by atoms with E-state index >= 15 is 0 Å². The Hall–Kier alpha value is -1.26. The normalized spacial score (nSPS) is 25.5. The number of nitrogens with one attached hydrogen (secondary N) is 2. The van der Waals surface area contributed by atoms with E-state index in [1.807, 2.05) is 12.1 Å². The number of fused-ring (bicyclic) bond motifs is 1. The number of ether oxygens (including phenoxy) is 2. The van der Waals surface area contributed by atoms with Gasteiger partial charge in [0.25, 0.3) is 0 Å². The fourth-order valence-electron chi connectivity index (χ4n) is 2.01. The van der Waals surface area contributed by atoms with Crippen molar-refractivity contribution in [3.63, 3.8) is 0 Å². The van der Waals surface area contributed by atoms with E-state index < -0.39 is 0 Å². The van der Waals surface area contributed by atoms with Gasteiger partial charge < -0.3 is 20.1 Å². The molecular formula is C11H14N2O2. The highest BCUT2D eigenvalue weighted by Crippen LogP contribution is 2.27. The van der Waals surface area contributed by atoms with Gasteiger partial charge in [-0.2, -0.15) is 0 Å². The van der Waals surface area contributed by atoms with Crippen molar-refractivity contribution in [3.8, 4) is 0 Å². The first-order chi connectivity index (χ1) is 7.43. The lowest BCUT2D eigenvalue weighted by Gasteiger charge is -2.30. The van der Waals surface area contributed by atoms with E-state index in [-0.39, 0.29) is 12.3 Å². The fraction of sp³-hybridized carbons (Fsp3) is 0.455. The van der Waals surface area contributed by atoms with Gasteiger partial charge in [0.2, 0.25) is 0 Å². The predicted molar refractivity (Wildman–Crippen MR) is 58.0 cm³/mol. The van der Waals surface area contributed by atoms with Crippen LogP contribution in [0.2, 0.25) is 0 Å². The summed E-state index contributed by atoms with van der Waals surface area (Å²) in [4.78, 5) is 0. The molecule has 0 radical (unpaired) electrons. The van der Waals surface area contributed by atoms with Crippen LogP contribution in [0, 0.1) is 0 Å². The second-order valence-electron chi connectivity index (χ2n) is 3.79. The average Bonchev–Trinajstić information content (AvgIpc) is 2.82. The highest BCUT2D eigenvalue weighted by atomic mass is 16.7. The molecule has 4 nitrogen and oxygen atoms in total. The summed E-state index contributed by atoms with van der Waals surface area (Å²) in [5.41, 5.74) is 2.26. The van der Waals surface area contributed by atoms with E-state index in [9.17, 15) is 0 Å². The summed E-state index contributed by atoms with van der Waals surface area (Å²) in [6, 6.07) is 8.36. The van der Waals surface area contributed by atoms with Crippen LogP contribution in [0.15, 0.2) is 24.3 Å².